The van der Waals surface area contributed by atoms with Gasteiger partial charge in [0.25, 0.3) is 0 Å². The van der Waals surface area contributed by atoms with Crippen LogP contribution in [-0.2, 0) is 6.42 Å². The molecule has 88 valence electrons. The van der Waals surface area contributed by atoms with Gasteiger partial charge in [-0.1, -0.05) is 50.6 Å². The second-order valence-corrected chi connectivity index (χ2v) is 5.70. The molecule has 16 heavy (non-hydrogen) atoms. The second kappa shape index (κ2) is 5.01. The third kappa shape index (κ3) is 2.85. The molecule has 2 rings (SSSR count). The van der Waals surface area contributed by atoms with Gasteiger partial charge in [0.15, 0.2) is 0 Å². The SMILES string of the molecule is CC(C)CCC1(Cc2ccccc2)CNC1. The van der Waals surface area contributed by atoms with Crippen molar-refractivity contribution in [3.63, 3.8) is 0 Å². The predicted molar refractivity (Wildman–Crippen MR) is 69.5 cm³/mol. The van der Waals surface area contributed by atoms with E-state index in [4.69, 9.17) is 0 Å². The Hall–Kier alpha value is -0.820. The van der Waals surface area contributed by atoms with E-state index in [-0.39, 0.29) is 0 Å². The molecule has 0 bridgehead atoms. The Labute approximate surface area is 99.3 Å². The first-order valence-corrected chi connectivity index (χ1v) is 6.45. The molecule has 1 aromatic carbocycles. The van der Waals surface area contributed by atoms with E-state index < -0.39 is 0 Å². The summed E-state index contributed by atoms with van der Waals surface area (Å²) in [5, 5.41) is 3.45. The lowest BCUT2D eigenvalue weighted by molar-refractivity contribution is 0.141. The summed E-state index contributed by atoms with van der Waals surface area (Å²) in [5.41, 5.74) is 2.04. The van der Waals surface area contributed by atoms with E-state index in [0.717, 1.165) is 5.92 Å². The smallest absolute Gasteiger partial charge is 0.00234 e. The van der Waals surface area contributed by atoms with Crippen molar-refractivity contribution in [1.29, 1.82) is 0 Å². The minimum atomic E-state index is 0.547. The fourth-order valence-electron chi connectivity index (χ4n) is 2.49. The van der Waals surface area contributed by atoms with Gasteiger partial charge < -0.3 is 5.32 Å². The van der Waals surface area contributed by atoms with Gasteiger partial charge in [-0.2, -0.15) is 0 Å². The maximum atomic E-state index is 3.45. The van der Waals surface area contributed by atoms with Gasteiger partial charge >= 0.3 is 0 Å². The maximum Gasteiger partial charge on any atom is 0.00234 e. The molecule has 1 nitrogen and oxygen atoms in total. The van der Waals surface area contributed by atoms with E-state index in [0.29, 0.717) is 5.41 Å². The first-order valence-electron chi connectivity index (χ1n) is 6.45. The summed E-state index contributed by atoms with van der Waals surface area (Å²) in [6.07, 6.45) is 3.97. The second-order valence-electron chi connectivity index (χ2n) is 5.70. The molecule has 0 radical (unpaired) electrons. The van der Waals surface area contributed by atoms with Gasteiger partial charge in [-0.15, -0.1) is 0 Å². The van der Waals surface area contributed by atoms with Crippen molar-refractivity contribution in [1.82, 2.24) is 5.32 Å². The van der Waals surface area contributed by atoms with Crippen LogP contribution in [0.3, 0.4) is 0 Å². The van der Waals surface area contributed by atoms with Crippen LogP contribution in [0.1, 0.15) is 32.3 Å². The first kappa shape index (κ1) is 11.7. The van der Waals surface area contributed by atoms with Crippen molar-refractivity contribution in [2.24, 2.45) is 11.3 Å². The molecule has 1 N–H and O–H groups in total. The molecule has 0 spiro atoms. The molecule has 1 fully saturated rings. The molecular formula is C15H23N. The normalized spacial score (nSPS) is 18.4. The fraction of sp³-hybridized carbons (Fsp3) is 0.600. The van der Waals surface area contributed by atoms with E-state index in [2.05, 4.69) is 49.5 Å². The van der Waals surface area contributed by atoms with Gasteiger partial charge in [-0.25, -0.2) is 0 Å². The summed E-state index contributed by atoms with van der Waals surface area (Å²) >= 11 is 0. The highest BCUT2D eigenvalue weighted by Crippen LogP contribution is 2.34. The number of hydrogen-bond acceptors (Lipinski definition) is 1. The predicted octanol–water partition coefficient (Wildman–Crippen LogP) is 3.25. The Balaban J connectivity index is 1.94. The highest BCUT2D eigenvalue weighted by molar-refractivity contribution is 5.18. The van der Waals surface area contributed by atoms with Crippen LogP contribution in [0.15, 0.2) is 30.3 Å². The van der Waals surface area contributed by atoms with E-state index in [1.165, 1.54) is 37.9 Å². The van der Waals surface area contributed by atoms with E-state index in [1.54, 1.807) is 0 Å². The standard InChI is InChI=1S/C15H23N/c1-13(2)8-9-15(11-16-12-15)10-14-6-4-3-5-7-14/h3-7,13,16H,8-12H2,1-2H3. The van der Waals surface area contributed by atoms with Crippen LogP contribution in [0.5, 0.6) is 0 Å². The Morgan fingerprint density at radius 1 is 1.19 bits per heavy atom. The highest BCUT2D eigenvalue weighted by Gasteiger charge is 2.36. The minimum absolute atomic E-state index is 0.547. The molecule has 1 aliphatic heterocycles. The van der Waals surface area contributed by atoms with Gasteiger partial charge in [0.05, 0.1) is 0 Å². The lowest BCUT2D eigenvalue weighted by Crippen LogP contribution is -2.54. The van der Waals surface area contributed by atoms with Crippen LogP contribution in [0.4, 0.5) is 0 Å². The van der Waals surface area contributed by atoms with Crippen LogP contribution in [0, 0.1) is 11.3 Å². The molecule has 0 unspecified atom stereocenters. The van der Waals surface area contributed by atoms with Gasteiger partial charge in [-0.05, 0) is 29.7 Å². The largest absolute Gasteiger partial charge is 0.316 e. The van der Waals surface area contributed by atoms with Gasteiger partial charge in [-0.3, -0.25) is 0 Å². The summed E-state index contributed by atoms with van der Waals surface area (Å²) in [5.74, 6) is 0.827. The van der Waals surface area contributed by atoms with Crippen LogP contribution in [-0.4, -0.2) is 13.1 Å². The van der Waals surface area contributed by atoms with Crippen molar-refractivity contribution >= 4 is 0 Å². The topological polar surface area (TPSA) is 12.0 Å². The van der Waals surface area contributed by atoms with Crippen molar-refractivity contribution < 1.29 is 0 Å². The van der Waals surface area contributed by atoms with Crippen molar-refractivity contribution in [3.8, 4) is 0 Å². The Morgan fingerprint density at radius 2 is 1.88 bits per heavy atom. The van der Waals surface area contributed by atoms with Crippen molar-refractivity contribution in [2.45, 2.75) is 33.1 Å². The zero-order chi connectivity index (χ0) is 11.4. The molecule has 1 saturated heterocycles. The summed E-state index contributed by atoms with van der Waals surface area (Å²) in [4.78, 5) is 0. The highest BCUT2D eigenvalue weighted by atomic mass is 15.0. The van der Waals surface area contributed by atoms with Gasteiger partial charge in [0.1, 0.15) is 0 Å². The summed E-state index contributed by atoms with van der Waals surface area (Å²) in [6, 6.07) is 10.9. The quantitative estimate of drug-likeness (QED) is 0.798. The molecule has 1 aliphatic rings. The Kier molecular flexibility index (Phi) is 3.65. The third-order valence-corrected chi connectivity index (χ3v) is 3.67. The van der Waals surface area contributed by atoms with Crippen LogP contribution in [0.25, 0.3) is 0 Å². The lowest BCUT2D eigenvalue weighted by atomic mass is 9.72. The lowest BCUT2D eigenvalue weighted by Gasteiger charge is -2.43. The van der Waals surface area contributed by atoms with E-state index in [1.807, 2.05) is 0 Å². The van der Waals surface area contributed by atoms with Crippen LogP contribution < -0.4 is 5.32 Å². The van der Waals surface area contributed by atoms with E-state index >= 15 is 0 Å². The average molecular weight is 217 g/mol. The number of benzene rings is 1. The molecule has 0 amide bonds. The van der Waals surface area contributed by atoms with Crippen LogP contribution in [0.2, 0.25) is 0 Å². The summed E-state index contributed by atoms with van der Waals surface area (Å²) in [6.45, 7) is 7.05. The molecule has 1 aromatic rings. The summed E-state index contributed by atoms with van der Waals surface area (Å²) in [7, 11) is 0. The van der Waals surface area contributed by atoms with Gasteiger partial charge in [0, 0.05) is 13.1 Å². The average Bonchev–Trinajstić information content (AvgIpc) is 2.23. The maximum absolute atomic E-state index is 3.45. The Morgan fingerprint density at radius 3 is 2.38 bits per heavy atom. The van der Waals surface area contributed by atoms with Crippen molar-refractivity contribution in [2.75, 3.05) is 13.1 Å². The molecular weight excluding hydrogens is 194 g/mol. The number of nitrogens with one attached hydrogen (secondary N) is 1. The van der Waals surface area contributed by atoms with E-state index in [9.17, 15) is 0 Å². The zero-order valence-electron chi connectivity index (χ0n) is 10.5. The van der Waals surface area contributed by atoms with Gasteiger partial charge in [0.2, 0.25) is 0 Å². The molecule has 0 atom stereocenters. The molecule has 1 heterocycles. The van der Waals surface area contributed by atoms with Crippen molar-refractivity contribution in [3.05, 3.63) is 35.9 Å². The Bertz CT molecular complexity index is 311. The first-order chi connectivity index (χ1) is 7.70. The number of hydrogen-bond donors (Lipinski definition) is 1. The fourth-order valence-corrected chi connectivity index (χ4v) is 2.49. The zero-order valence-corrected chi connectivity index (χ0v) is 10.5. The molecule has 0 saturated carbocycles. The monoisotopic (exact) mass is 217 g/mol. The van der Waals surface area contributed by atoms with Crippen LogP contribution >= 0.6 is 0 Å². The third-order valence-electron chi connectivity index (χ3n) is 3.67. The molecule has 0 aliphatic carbocycles. The summed E-state index contributed by atoms with van der Waals surface area (Å²) < 4.78 is 0. The molecule has 1 heteroatoms. The number of rotatable bonds is 5. The molecule has 0 aromatic heterocycles. The minimum Gasteiger partial charge on any atom is -0.316 e.